The van der Waals surface area contributed by atoms with Crippen molar-refractivity contribution >= 4 is 11.3 Å². The van der Waals surface area contributed by atoms with Crippen molar-refractivity contribution in [1.29, 1.82) is 0 Å². The maximum absolute atomic E-state index is 5.26. The molecule has 0 saturated heterocycles. The smallest absolute Gasteiger partial charge is 0.123 e. The summed E-state index contributed by atoms with van der Waals surface area (Å²) in [5.41, 5.74) is 2.36. The predicted molar refractivity (Wildman–Crippen MR) is 85.0 cm³/mol. The van der Waals surface area contributed by atoms with Gasteiger partial charge in [-0.05, 0) is 25.5 Å². The Balaban J connectivity index is 2.20. The van der Waals surface area contributed by atoms with Crippen LogP contribution in [0.4, 0.5) is 0 Å². The van der Waals surface area contributed by atoms with Crippen LogP contribution in [0.5, 0.6) is 0 Å². The molecule has 20 heavy (non-hydrogen) atoms. The van der Waals surface area contributed by atoms with E-state index in [1.165, 1.54) is 16.0 Å². The Morgan fingerprint density at radius 3 is 2.90 bits per heavy atom. The zero-order chi connectivity index (χ0) is 14.4. The minimum Gasteiger partial charge on any atom is -0.380 e. The minimum atomic E-state index is 0.357. The summed E-state index contributed by atoms with van der Waals surface area (Å²) in [5.74, 6) is 0. The zero-order valence-electron chi connectivity index (χ0n) is 12.3. The van der Waals surface area contributed by atoms with E-state index in [2.05, 4.69) is 36.3 Å². The molecule has 0 aliphatic rings. The van der Waals surface area contributed by atoms with Crippen molar-refractivity contribution in [2.45, 2.75) is 32.9 Å². The monoisotopic (exact) mass is 290 g/mol. The molecule has 0 aliphatic heterocycles. The van der Waals surface area contributed by atoms with Crippen LogP contribution >= 0.6 is 11.3 Å². The average Bonchev–Trinajstić information content (AvgIpc) is 2.95. The molecular weight excluding hydrogens is 268 g/mol. The summed E-state index contributed by atoms with van der Waals surface area (Å²) in [6, 6.07) is 8.65. The summed E-state index contributed by atoms with van der Waals surface area (Å²) < 4.78 is 5.26. The topological polar surface area (TPSA) is 34.2 Å². The second-order valence-electron chi connectivity index (χ2n) is 4.83. The van der Waals surface area contributed by atoms with E-state index in [0.29, 0.717) is 12.6 Å². The molecule has 1 aromatic carbocycles. The molecule has 4 heteroatoms. The quantitative estimate of drug-likeness (QED) is 0.836. The third-order valence-electron chi connectivity index (χ3n) is 3.20. The van der Waals surface area contributed by atoms with Gasteiger partial charge in [0.25, 0.3) is 0 Å². The number of hydrogen-bond acceptors (Lipinski definition) is 4. The minimum absolute atomic E-state index is 0.357. The van der Waals surface area contributed by atoms with E-state index in [4.69, 9.17) is 4.74 Å². The van der Waals surface area contributed by atoms with Crippen molar-refractivity contribution in [3.8, 4) is 10.6 Å². The van der Waals surface area contributed by atoms with E-state index in [-0.39, 0.29) is 0 Å². The number of thiazole rings is 1. The molecule has 1 unspecified atom stereocenters. The number of aromatic nitrogens is 1. The van der Waals surface area contributed by atoms with Crippen LogP contribution in [0.25, 0.3) is 10.6 Å². The van der Waals surface area contributed by atoms with Gasteiger partial charge in [0, 0.05) is 29.8 Å². The molecule has 0 spiro atoms. The molecule has 0 bridgehead atoms. The van der Waals surface area contributed by atoms with Gasteiger partial charge in [-0.2, -0.15) is 0 Å². The first-order valence-electron chi connectivity index (χ1n) is 7.02. The SMILES string of the molecule is CCCNC(C)c1cnc(-c2ccccc2COC)s1. The number of rotatable bonds is 7. The van der Waals surface area contributed by atoms with Gasteiger partial charge in [-0.1, -0.05) is 31.2 Å². The number of nitrogens with one attached hydrogen (secondary N) is 1. The molecule has 0 amide bonds. The van der Waals surface area contributed by atoms with Gasteiger partial charge in [-0.15, -0.1) is 11.3 Å². The third kappa shape index (κ3) is 3.66. The van der Waals surface area contributed by atoms with Crippen LogP contribution in [0.1, 0.15) is 36.8 Å². The third-order valence-corrected chi connectivity index (χ3v) is 4.41. The van der Waals surface area contributed by atoms with Crippen LogP contribution < -0.4 is 5.32 Å². The summed E-state index contributed by atoms with van der Waals surface area (Å²) in [6.45, 7) is 6.02. The highest BCUT2D eigenvalue weighted by atomic mass is 32.1. The fourth-order valence-electron chi connectivity index (χ4n) is 2.08. The van der Waals surface area contributed by atoms with Gasteiger partial charge in [0.15, 0.2) is 0 Å². The van der Waals surface area contributed by atoms with Crippen LogP contribution in [0.3, 0.4) is 0 Å². The molecule has 1 aromatic heterocycles. The van der Waals surface area contributed by atoms with Gasteiger partial charge in [0.2, 0.25) is 0 Å². The molecule has 3 nitrogen and oxygen atoms in total. The van der Waals surface area contributed by atoms with Crippen LogP contribution in [-0.2, 0) is 11.3 Å². The Hall–Kier alpha value is -1.23. The Kier molecular flexibility index (Phi) is 5.71. The summed E-state index contributed by atoms with van der Waals surface area (Å²) in [5, 5.41) is 4.57. The molecule has 2 aromatic rings. The predicted octanol–water partition coefficient (Wildman–Crippen LogP) is 4.02. The summed E-state index contributed by atoms with van der Waals surface area (Å²) in [4.78, 5) is 5.86. The van der Waals surface area contributed by atoms with E-state index in [9.17, 15) is 0 Å². The standard InChI is InChI=1S/C16H22N2OS/c1-4-9-17-12(2)15-10-18-16(20-15)14-8-6-5-7-13(14)11-19-3/h5-8,10,12,17H,4,9,11H2,1-3H3. The average molecular weight is 290 g/mol. The van der Waals surface area contributed by atoms with Crippen LogP contribution in [0, 0.1) is 0 Å². The molecule has 1 heterocycles. The molecular formula is C16H22N2OS. The van der Waals surface area contributed by atoms with Crippen molar-refractivity contribution < 1.29 is 4.74 Å². The molecule has 0 aliphatic carbocycles. The van der Waals surface area contributed by atoms with E-state index in [1.54, 1.807) is 18.4 Å². The van der Waals surface area contributed by atoms with E-state index in [0.717, 1.165) is 18.0 Å². The van der Waals surface area contributed by atoms with Gasteiger partial charge in [0.05, 0.1) is 6.61 Å². The lowest BCUT2D eigenvalue weighted by Gasteiger charge is -2.10. The van der Waals surface area contributed by atoms with Crippen molar-refractivity contribution in [3.05, 3.63) is 40.9 Å². The number of benzene rings is 1. The molecule has 2 rings (SSSR count). The number of nitrogens with zero attached hydrogens (tertiary/aromatic N) is 1. The summed E-state index contributed by atoms with van der Waals surface area (Å²) in [7, 11) is 1.72. The normalized spacial score (nSPS) is 12.6. The summed E-state index contributed by atoms with van der Waals surface area (Å²) >= 11 is 1.76. The Bertz CT molecular complexity index is 539. The Morgan fingerprint density at radius 2 is 2.15 bits per heavy atom. The fraction of sp³-hybridized carbons (Fsp3) is 0.438. The lowest BCUT2D eigenvalue weighted by Crippen LogP contribution is -2.18. The Morgan fingerprint density at radius 1 is 1.35 bits per heavy atom. The van der Waals surface area contributed by atoms with Gasteiger partial charge >= 0.3 is 0 Å². The second kappa shape index (κ2) is 7.53. The number of methoxy groups -OCH3 is 1. The first kappa shape index (κ1) is 15.2. The highest BCUT2D eigenvalue weighted by Gasteiger charge is 2.12. The van der Waals surface area contributed by atoms with Gasteiger partial charge in [-0.3, -0.25) is 0 Å². The van der Waals surface area contributed by atoms with Crippen molar-refractivity contribution in [2.75, 3.05) is 13.7 Å². The molecule has 1 atom stereocenters. The molecule has 0 saturated carbocycles. The zero-order valence-corrected chi connectivity index (χ0v) is 13.2. The highest BCUT2D eigenvalue weighted by molar-refractivity contribution is 7.15. The van der Waals surface area contributed by atoms with Gasteiger partial charge in [-0.25, -0.2) is 4.98 Å². The lowest BCUT2D eigenvalue weighted by molar-refractivity contribution is 0.185. The number of hydrogen-bond donors (Lipinski definition) is 1. The number of ether oxygens (including phenoxy) is 1. The Labute approximate surface area is 125 Å². The van der Waals surface area contributed by atoms with E-state index in [1.807, 2.05) is 18.3 Å². The van der Waals surface area contributed by atoms with Crippen molar-refractivity contribution in [1.82, 2.24) is 10.3 Å². The van der Waals surface area contributed by atoms with Crippen molar-refractivity contribution in [2.24, 2.45) is 0 Å². The molecule has 0 fully saturated rings. The van der Waals surface area contributed by atoms with Crippen LogP contribution in [-0.4, -0.2) is 18.6 Å². The maximum atomic E-state index is 5.26. The summed E-state index contributed by atoms with van der Waals surface area (Å²) in [6.07, 6.45) is 3.13. The first-order valence-corrected chi connectivity index (χ1v) is 7.84. The largest absolute Gasteiger partial charge is 0.380 e. The van der Waals surface area contributed by atoms with Gasteiger partial charge < -0.3 is 10.1 Å². The molecule has 0 radical (unpaired) electrons. The van der Waals surface area contributed by atoms with E-state index < -0.39 is 0 Å². The lowest BCUT2D eigenvalue weighted by atomic mass is 10.1. The van der Waals surface area contributed by atoms with Crippen LogP contribution in [0.2, 0.25) is 0 Å². The molecule has 1 N–H and O–H groups in total. The first-order chi connectivity index (χ1) is 9.76. The van der Waals surface area contributed by atoms with Crippen molar-refractivity contribution in [3.63, 3.8) is 0 Å². The second-order valence-corrected chi connectivity index (χ2v) is 5.90. The molecule has 108 valence electrons. The fourth-order valence-corrected chi connectivity index (χ4v) is 3.09. The maximum Gasteiger partial charge on any atom is 0.123 e. The van der Waals surface area contributed by atoms with E-state index >= 15 is 0 Å². The van der Waals surface area contributed by atoms with Gasteiger partial charge in [0.1, 0.15) is 5.01 Å². The van der Waals surface area contributed by atoms with Crippen LogP contribution in [0.15, 0.2) is 30.5 Å². The highest BCUT2D eigenvalue weighted by Crippen LogP contribution is 2.31.